The molecule has 1 heterocycles. The van der Waals surface area contributed by atoms with E-state index >= 15 is 0 Å². The van der Waals surface area contributed by atoms with Crippen molar-refractivity contribution in [3.05, 3.63) is 53.7 Å². The van der Waals surface area contributed by atoms with Crippen LogP contribution in [0.15, 0.2) is 41.0 Å². The van der Waals surface area contributed by atoms with Gasteiger partial charge in [-0.15, -0.1) is 0 Å². The Morgan fingerprint density at radius 2 is 2.20 bits per heavy atom. The number of rotatable bonds is 6. The second-order valence-electron chi connectivity index (χ2n) is 5.36. The van der Waals surface area contributed by atoms with Crippen molar-refractivity contribution in [2.24, 2.45) is 0 Å². The lowest BCUT2D eigenvalue weighted by molar-refractivity contribution is 0.477. The molecule has 3 rings (SSSR count). The van der Waals surface area contributed by atoms with Crippen molar-refractivity contribution in [3.63, 3.8) is 0 Å². The molecular weight excluding hydrogens is 255 g/mol. The first kappa shape index (κ1) is 13.2. The third kappa shape index (κ3) is 3.20. The van der Waals surface area contributed by atoms with E-state index in [-0.39, 0.29) is 5.82 Å². The largest absolute Gasteiger partial charge is 0.468 e. The maximum atomic E-state index is 13.2. The number of benzene rings is 1. The zero-order chi connectivity index (χ0) is 13.9. The summed E-state index contributed by atoms with van der Waals surface area (Å²) in [7, 11) is 1.96. The molecule has 1 saturated carbocycles. The van der Waals surface area contributed by atoms with Crippen molar-refractivity contribution in [1.29, 1.82) is 0 Å². The molecule has 2 aromatic rings. The van der Waals surface area contributed by atoms with Gasteiger partial charge in [0.2, 0.25) is 0 Å². The molecule has 1 aliphatic rings. The average molecular weight is 274 g/mol. The smallest absolute Gasteiger partial charge is 0.125 e. The Balaban J connectivity index is 1.65. The van der Waals surface area contributed by atoms with E-state index in [0.717, 1.165) is 23.6 Å². The van der Waals surface area contributed by atoms with Crippen LogP contribution < -0.4 is 10.2 Å². The fourth-order valence-electron chi connectivity index (χ4n) is 2.25. The molecule has 0 radical (unpaired) electrons. The Hall–Kier alpha value is -1.81. The Morgan fingerprint density at radius 1 is 1.35 bits per heavy atom. The molecule has 0 unspecified atom stereocenters. The minimum absolute atomic E-state index is 0.211. The quantitative estimate of drug-likeness (QED) is 0.876. The number of anilines is 1. The summed E-state index contributed by atoms with van der Waals surface area (Å²) in [6.45, 7) is 1.48. The summed E-state index contributed by atoms with van der Waals surface area (Å²) in [6, 6.07) is 9.29. The van der Waals surface area contributed by atoms with Crippen molar-refractivity contribution in [1.82, 2.24) is 5.32 Å². The average Bonchev–Trinajstić information content (AvgIpc) is 3.17. The van der Waals surface area contributed by atoms with Gasteiger partial charge in [0.05, 0.1) is 12.8 Å². The third-order valence-electron chi connectivity index (χ3n) is 3.62. The molecule has 4 heteroatoms. The van der Waals surface area contributed by atoms with Crippen LogP contribution in [0.4, 0.5) is 10.1 Å². The van der Waals surface area contributed by atoms with E-state index in [1.807, 2.05) is 24.1 Å². The van der Waals surface area contributed by atoms with Crippen LogP contribution in [0.25, 0.3) is 0 Å². The van der Waals surface area contributed by atoms with Crippen LogP contribution in [0.2, 0.25) is 0 Å². The predicted octanol–water partition coefficient (Wildman–Crippen LogP) is 3.31. The summed E-state index contributed by atoms with van der Waals surface area (Å²) in [5.74, 6) is 0.761. The highest BCUT2D eigenvalue weighted by molar-refractivity contribution is 5.46. The van der Waals surface area contributed by atoms with Gasteiger partial charge in [-0.1, -0.05) is 6.07 Å². The number of furan rings is 1. The van der Waals surface area contributed by atoms with Gasteiger partial charge in [0.25, 0.3) is 0 Å². The fourth-order valence-corrected chi connectivity index (χ4v) is 2.25. The molecule has 1 fully saturated rings. The summed E-state index contributed by atoms with van der Waals surface area (Å²) >= 11 is 0. The summed E-state index contributed by atoms with van der Waals surface area (Å²) in [6.07, 6.45) is 4.25. The molecule has 1 aliphatic carbocycles. The fraction of sp³-hybridized carbons (Fsp3) is 0.375. The van der Waals surface area contributed by atoms with E-state index in [1.165, 1.54) is 18.9 Å². The Bertz CT molecular complexity index is 577. The van der Waals surface area contributed by atoms with Gasteiger partial charge in [0.1, 0.15) is 11.6 Å². The van der Waals surface area contributed by atoms with Gasteiger partial charge in [0, 0.05) is 30.9 Å². The molecule has 0 amide bonds. The number of nitrogens with one attached hydrogen (secondary N) is 1. The van der Waals surface area contributed by atoms with Gasteiger partial charge >= 0.3 is 0 Å². The van der Waals surface area contributed by atoms with Crippen LogP contribution in [0.5, 0.6) is 0 Å². The molecule has 1 aromatic carbocycles. The molecular formula is C16H19FN2O. The highest BCUT2D eigenvalue weighted by Crippen LogP contribution is 2.22. The molecule has 20 heavy (non-hydrogen) atoms. The number of hydrogen-bond donors (Lipinski definition) is 1. The van der Waals surface area contributed by atoms with Crippen LogP contribution in [-0.4, -0.2) is 13.1 Å². The van der Waals surface area contributed by atoms with Crippen LogP contribution >= 0.6 is 0 Å². The highest BCUT2D eigenvalue weighted by Gasteiger charge is 2.21. The van der Waals surface area contributed by atoms with Crippen LogP contribution in [0.3, 0.4) is 0 Å². The Kier molecular flexibility index (Phi) is 3.74. The first-order valence-electron chi connectivity index (χ1n) is 6.98. The highest BCUT2D eigenvalue weighted by atomic mass is 19.1. The second-order valence-corrected chi connectivity index (χ2v) is 5.36. The molecule has 3 nitrogen and oxygen atoms in total. The van der Waals surface area contributed by atoms with E-state index in [4.69, 9.17) is 4.42 Å². The predicted molar refractivity (Wildman–Crippen MR) is 77.1 cm³/mol. The van der Waals surface area contributed by atoms with Crippen molar-refractivity contribution in [2.45, 2.75) is 32.0 Å². The van der Waals surface area contributed by atoms with E-state index in [9.17, 15) is 4.39 Å². The summed E-state index contributed by atoms with van der Waals surface area (Å²) in [5, 5.41) is 3.45. The van der Waals surface area contributed by atoms with E-state index in [2.05, 4.69) is 5.32 Å². The van der Waals surface area contributed by atoms with Crippen molar-refractivity contribution >= 4 is 5.69 Å². The topological polar surface area (TPSA) is 28.4 Å². The summed E-state index contributed by atoms with van der Waals surface area (Å²) in [4.78, 5) is 2.02. The summed E-state index contributed by atoms with van der Waals surface area (Å²) < 4.78 is 18.8. The van der Waals surface area contributed by atoms with E-state index in [1.54, 1.807) is 18.4 Å². The van der Waals surface area contributed by atoms with Gasteiger partial charge in [-0.05, 0) is 37.1 Å². The first-order valence-corrected chi connectivity index (χ1v) is 6.98. The minimum atomic E-state index is -0.211. The lowest BCUT2D eigenvalue weighted by atomic mass is 10.2. The molecule has 1 aromatic heterocycles. The van der Waals surface area contributed by atoms with Crippen molar-refractivity contribution in [3.8, 4) is 0 Å². The van der Waals surface area contributed by atoms with Gasteiger partial charge < -0.3 is 14.6 Å². The van der Waals surface area contributed by atoms with Crippen molar-refractivity contribution in [2.75, 3.05) is 11.9 Å². The number of halogens is 1. The lowest BCUT2D eigenvalue weighted by Crippen LogP contribution is -2.19. The number of nitrogens with zero attached hydrogens (tertiary/aromatic N) is 1. The molecule has 0 aliphatic heterocycles. The molecule has 0 atom stereocenters. The maximum Gasteiger partial charge on any atom is 0.125 e. The van der Waals surface area contributed by atoms with Crippen LogP contribution in [0.1, 0.15) is 24.2 Å². The molecule has 0 bridgehead atoms. The van der Waals surface area contributed by atoms with Crippen LogP contribution in [0, 0.1) is 5.82 Å². The molecule has 106 valence electrons. The van der Waals surface area contributed by atoms with E-state index < -0.39 is 0 Å². The molecule has 1 N–H and O–H groups in total. The Labute approximate surface area is 118 Å². The normalized spacial score (nSPS) is 14.5. The zero-order valence-corrected chi connectivity index (χ0v) is 11.6. The third-order valence-corrected chi connectivity index (χ3v) is 3.62. The van der Waals surface area contributed by atoms with E-state index in [0.29, 0.717) is 12.6 Å². The zero-order valence-electron chi connectivity index (χ0n) is 11.6. The molecule has 0 spiro atoms. The number of hydrogen-bond acceptors (Lipinski definition) is 3. The van der Waals surface area contributed by atoms with Gasteiger partial charge in [-0.25, -0.2) is 4.39 Å². The monoisotopic (exact) mass is 274 g/mol. The van der Waals surface area contributed by atoms with Gasteiger partial charge in [0.15, 0.2) is 0 Å². The van der Waals surface area contributed by atoms with Gasteiger partial charge in [-0.3, -0.25) is 0 Å². The second kappa shape index (κ2) is 5.67. The minimum Gasteiger partial charge on any atom is -0.468 e. The molecule has 0 saturated heterocycles. The lowest BCUT2D eigenvalue weighted by Gasteiger charge is -2.19. The van der Waals surface area contributed by atoms with Crippen LogP contribution in [-0.2, 0) is 13.1 Å². The Morgan fingerprint density at radius 3 is 2.95 bits per heavy atom. The maximum absolute atomic E-state index is 13.2. The van der Waals surface area contributed by atoms with Gasteiger partial charge in [-0.2, -0.15) is 0 Å². The first-order chi connectivity index (χ1) is 9.72. The SMILES string of the molecule is CN(Cc1ccoc1CNC1CC1)c1cccc(F)c1. The summed E-state index contributed by atoms with van der Waals surface area (Å²) in [5.41, 5.74) is 2.01. The van der Waals surface area contributed by atoms with Crippen molar-refractivity contribution < 1.29 is 8.81 Å². The standard InChI is InChI=1S/C16H19FN2O/c1-19(15-4-2-3-13(17)9-15)11-12-7-8-20-16(12)10-18-14-5-6-14/h2-4,7-9,14,18H,5-6,10-11H2,1H3.